The summed E-state index contributed by atoms with van der Waals surface area (Å²) in [5.41, 5.74) is 6.02. The van der Waals surface area contributed by atoms with E-state index in [1.807, 2.05) is 13.8 Å². The van der Waals surface area contributed by atoms with E-state index in [-0.39, 0.29) is 11.3 Å². The number of amides is 1. The van der Waals surface area contributed by atoms with Crippen molar-refractivity contribution < 1.29 is 14.3 Å². The second kappa shape index (κ2) is 6.61. The van der Waals surface area contributed by atoms with Crippen LogP contribution in [0, 0.1) is 5.41 Å². The number of hydrogen-bond acceptors (Lipinski definition) is 4. The van der Waals surface area contributed by atoms with Crippen LogP contribution >= 0.6 is 0 Å². The van der Waals surface area contributed by atoms with Crippen molar-refractivity contribution in [1.29, 1.82) is 0 Å². The average Bonchev–Trinajstić information content (AvgIpc) is 2.44. The molecule has 0 fully saturated rings. The predicted molar refractivity (Wildman–Crippen MR) is 79.3 cm³/mol. The molecule has 0 saturated heterocycles. The molecule has 0 heterocycles. The van der Waals surface area contributed by atoms with Crippen LogP contribution in [-0.4, -0.2) is 45.2 Å². The minimum absolute atomic E-state index is 0.138. The Morgan fingerprint density at radius 3 is 2.15 bits per heavy atom. The zero-order valence-corrected chi connectivity index (χ0v) is 12.9. The van der Waals surface area contributed by atoms with E-state index in [9.17, 15) is 4.79 Å². The Labute approximate surface area is 120 Å². The Bertz CT molecular complexity index is 450. The van der Waals surface area contributed by atoms with Gasteiger partial charge in [-0.3, -0.25) is 4.79 Å². The molecule has 0 aliphatic carbocycles. The molecule has 2 N–H and O–H groups in total. The molecule has 1 aromatic rings. The fourth-order valence-corrected chi connectivity index (χ4v) is 2.03. The lowest BCUT2D eigenvalue weighted by atomic mass is 9.93. The van der Waals surface area contributed by atoms with Gasteiger partial charge in [0.1, 0.15) is 17.1 Å². The van der Waals surface area contributed by atoms with E-state index in [0.717, 1.165) is 0 Å². The second-order valence-electron chi connectivity index (χ2n) is 5.57. The normalized spacial score (nSPS) is 11.1. The summed E-state index contributed by atoms with van der Waals surface area (Å²) in [4.78, 5) is 14.3. The van der Waals surface area contributed by atoms with Crippen LogP contribution in [0.2, 0.25) is 0 Å². The van der Waals surface area contributed by atoms with E-state index in [2.05, 4.69) is 0 Å². The Hall–Kier alpha value is -1.75. The summed E-state index contributed by atoms with van der Waals surface area (Å²) >= 11 is 0. The van der Waals surface area contributed by atoms with Crippen LogP contribution in [0.15, 0.2) is 18.2 Å². The molecule has 112 valence electrons. The van der Waals surface area contributed by atoms with Gasteiger partial charge in [-0.2, -0.15) is 0 Å². The molecule has 0 saturated carbocycles. The molecule has 20 heavy (non-hydrogen) atoms. The molecule has 1 rings (SSSR count). The van der Waals surface area contributed by atoms with Gasteiger partial charge < -0.3 is 20.1 Å². The van der Waals surface area contributed by atoms with Crippen molar-refractivity contribution in [3.63, 3.8) is 0 Å². The molecule has 0 radical (unpaired) electrons. The van der Waals surface area contributed by atoms with Crippen molar-refractivity contribution in [1.82, 2.24) is 4.90 Å². The fraction of sp³-hybridized carbons (Fsp3) is 0.533. The Balaban J connectivity index is 3.08. The number of benzene rings is 1. The maximum absolute atomic E-state index is 12.6. The lowest BCUT2D eigenvalue weighted by molar-refractivity contribution is 0.0733. The Kier molecular flexibility index (Phi) is 5.39. The first-order chi connectivity index (χ1) is 9.36. The molecule has 0 aromatic heterocycles. The molecule has 0 atom stereocenters. The molecule has 1 amide bonds. The maximum Gasteiger partial charge on any atom is 0.261 e. The van der Waals surface area contributed by atoms with Gasteiger partial charge in [-0.25, -0.2) is 0 Å². The number of methoxy groups -OCH3 is 2. The third-order valence-electron chi connectivity index (χ3n) is 3.21. The second-order valence-corrected chi connectivity index (χ2v) is 5.57. The lowest BCUT2D eigenvalue weighted by Gasteiger charge is -2.29. The van der Waals surface area contributed by atoms with E-state index < -0.39 is 0 Å². The molecule has 0 unspecified atom stereocenters. The SMILES string of the molecule is COc1cccc(OC)c1C(=O)N(C)CC(C)(C)CN. The minimum atomic E-state index is -0.139. The lowest BCUT2D eigenvalue weighted by Crippen LogP contribution is -2.40. The quantitative estimate of drug-likeness (QED) is 0.862. The van der Waals surface area contributed by atoms with Gasteiger partial charge in [0.25, 0.3) is 5.91 Å². The van der Waals surface area contributed by atoms with Gasteiger partial charge in [0.05, 0.1) is 14.2 Å². The van der Waals surface area contributed by atoms with Crippen LogP contribution in [0.4, 0.5) is 0 Å². The van der Waals surface area contributed by atoms with E-state index in [4.69, 9.17) is 15.2 Å². The van der Waals surface area contributed by atoms with Gasteiger partial charge in [0.15, 0.2) is 0 Å². The smallest absolute Gasteiger partial charge is 0.261 e. The van der Waals surface area contributed by atoms with Crippen LogP contribution < -0.4 is 15.2 Å². The first-order valence-electron chi connectivity index (χ1n) is 6.53. The van der Waals surface area contributed by atoms with E-state index in [1.54, 1.807) is 30.1 Å². The van der Waals surface area contributed by atoms with Crippen molar-refractivity contribution in [2.75, 3.05) is 34.4 Å². The molecule has 0 spiro atoms. The van der Waals surface area contributed by atoms with E-state index in [1.165, 1.54) is 14.2 Å². The third-order valence-corrected chi connectivity index (χ3v) is 3.21. The van der Waals surface area contributed by atoms with Crippen molar-refractivity contribution in [3.05, 3.63) is 23.8 Å². The summed E-state index contributed by atoms with van der Waals surface area (Å²) in [7, 11) is 4.83. The summed E-state index contributed by atoms with van der Waals surface area (Å²) in [6.45, 7) is 5.11. The van der Waals surface area contributed by atoms with Gasteiger partial charge in [-0.05, 0) is 24.1 Å². The molecule has 0 bridgehead atoms. The first-order valence-corrected chi connectivity index (χ1v) is 6.53. The summed E-state index contributed by atoms with van der Waals surface area (Å²) in [5.74, 6) is 0.874. The number of rotatable bonds is 6. The van der Waals surface area contributed by atoms with Crippen LogP contribution in [0.3, 0.4) is 0 Å². The van der Waals surface area contributed by atoms with E-state index >= 15 is 0 Å². The van der Waals surface area contributed by atoms with Crippen molar-refractivity contribution >= 4 is 5.91 Å². The monoisotopic (exact) mass is 280 g/mol. The minimum Gasteiger partial charge on any atom is -0.496 e. The zero-order chi connectivity index (χ0) is 15.3. The van der Waals surface area contributed by atoms with Gasteiger partial charge in [0, 0.05) is 13.6 Å². The number of carbonyl (C=O) groups excluding carboxylic acids is 1. The molecular weight excluding hydrogens is 256 g/mol. The Morgan fingerprint density at radius 1 is 1.25 bits per heavy atom. The molecular formula is C15H24N2O3. The average molecular weight is 280 g/mol. The third kappa shape index (κ3) is 3.63. The van der Waals surface area contributed by atoms with Crippen LogP contribution in [0.1, 0.15) is 24.2 Å². The van der Waals surface area contributed by atoms with Crippen LogP contribution in [-0.2, 0) is 0 Å². The topological polar surface area (TPSA) is 64.8 Å². The van der Waals surface area contributed by atoms with Crippen LogP contribution in [0.5, 0.6) is 11.5 Å². The van der Waals surface area contributed by atoms with Crippen molar-refractivity contribution in [3.8, 4) is 11.5 Å². The molecule has 0 aliphatic heterocycles. The molecule has 1 aromatic carbocycles. The summed E-state index contributed by atoms with van der Waals surface area (Å²) < 4.78 is 10.5. The summed E-state index contributed by atoms with van der Waals surface area (Å²) in [6.07, 6.45) is 0. The first kappa shape index (κ1) is 16.3. The number of ether oxygens (including phenoxy) is 2. The van der Waals surface area contributed by atoms with Gasteiger partial charge in [-0.1, -0.05) is 19.9 Å². The fourth-order valence-electron chi connectivity index (χ4n) is 2.03. The van der Waals surface area contributed by atoms with Crippen molar-refractivity contribution in [2.24, 2.45) is 11.1 Å². The van der Waals surface area contributed by atoms with Gasteiger partial charge in [0.2, 0.25) is 0 Å². The van der Waals surface area contributed by atoms with Gasteiger partial charge in [-0.15, -0.1) is 0 Å². The highest BCUT2D eigenvalue weighted by Crippen LogP contribution is 2.30. The molecule has 0 aliphatic rings. The molecule has 5 nitrogen and oxygen atoms in total. The highest BCUT2D eigenvalue weighted by Gasteiger charge is 2.26. The zero-order valence-electron chi connectivity index (χ0n) is 12.9. The number of carbonyl (C=O) groups is 1. The number of nitrogens with zero attached hydrogens (tertiary/aromatic N) is 1. The number of hydrogen-bond donors (Lipinski definition) is 1. The predicted octanol–water partition coefficient (Wildman–Crippen LogP) is 1.76. The summed E-state index contributed by atoms with van der Waals surface area (Å²) in [6, 6.07) is 5.29. The van der Waals surface area contributed by atoms with Crippen molar-refractivity contribution in [2.45, 2.75) is 13.8 Å². The highest BCUT2D eigenvalue weighted by molar-refractivity contribution is 5.99. The van der Waals surface area contributed by atoms with E-state index in [0.29, 0.717) is 30.2 Å². The standard InChI is InChI=1S/C15H24N2O3/c1-15(2,9-16)10-17(3)14(18)13-11(19-4)7-6-8-12(13)20-5/h6-8H,9-10,16H2,1-5H3. The Morgan fingerprint density at radius 2 is 1.75 bits per heavy atom. The largest absolute Gasteiger partial charge is 0.496 e. The highest BCUT2D eigenvalue weighted by atomic mass is 16.5. The maximum atomic E-state index is 12.6. The number of nitrogens with two attached hydrogens (primary N) is 1. The van der Waals surface area contributed by atoms with Crippen LogP contribution in [0.25, 0.3) is 0 Å². The summed E-state index contributed by atoms with van der Waals surface area (Å²) in [5, 5.41) is 0. The van der Waals surface area contributed by atoms with Gasteiger partial charge >= 0.3 is 0 Å². The molecule has 5 heteroatoms.